The zero-order valence-corrected chi connectivity index (χ0v) is 15.2. The van der Waals surface area contributed by atoms with Crippen molar-refractivity contribution in [1.82, 2.24) is 9.80 Å². The Bertz CT molecular complexity index is 922. The van der Waals surface area contributed by atoms with Gasteiger partial charge in [0.25, 0.3) is 11.7 Å². The molecule has 146 valence electrons. The fraction of sp³-hybridized carbons (Fsp3) is 0.429. The zero-order chi connectivity index (χ0) is 19.4. The predicted octanol–water partition coefficient (Wildman–Crippen LogP) is 2.83. The third-order valence-corrected chi connectivity index (χ3v) is 6.58. The fourth-order valence-corrected chi connectivity index (χ4v) is 5.38. The zero-order valence-electron chi connectivity index (χ0n) is 15.2. The maximum Gasteiger partial charge on any atom is 0.298 e. The number of carbonyl (C=O) groups is 2. The minimum absolute atomic E-state index is 0.00297. The van der Waals surface area contributed by atoms with Crippen LogP contribution >= 0.6 is 0 Å². The van der Waals surface area contributed by atoms with Gasteiger partial charge < -0.3 is 9.32 Å². The van der Waals surface area contributed by atoms with Crippen LogP contribution in [-0.4, -0.2) is 53.2 Å². The number of hydrogen-bond acceptors (Lipinski definition) is 4. The number of halogens is 2. The highest BCUT2D eigenvalue weighted by atomic mass is 19.2. The van der Waals surface area contributed by atoms with Gasteiger partial charge in [0, 0.05) is 18.5 Å². The topological polar surface area (TPSA) is 53.8 Å². The standard InChI is InChI=1S/C21H20F2N2O3/c22-15-4-1-3-13(17(15)23)14-11-25(21(27)20(26)16-5-2-10-28-16)18-12-6-8-24(9-7-12)19(14)18/h1-5,10,12,14,18-19H,6-9,11H2/t14-,18+,19+/m1/s1. The second kappa shape index (κ2) is 6.51. The summed E-state index contributed by atoms with van der Waals surface area (Å²) in [5.74, 6) is -3.16. The first-order valence-electron chi connectivity index (χ1n) is 9.63. The summed E-state index contributed by atoms with van der Waals surface area (Å²) in [6.45, 7) is 1.97. The van der Waals surface area contributed by atoms with Crippen LogP contribution in [0.2, 0.25) is 0 Å². The van der Waals surface area contributed by atoms with Crippen LogP contribution in [0.3, 0.4) is 0 Å². The molecule has 4 aliphatic heterocycles. The number of amides is 1. The SMILES string of the molecule is O=C(C(=O)N1C[C@H](c2cccc(F)c2F)[C@H]2[C@@H]1C1CCN2CC1)c1ccco1. The molecule has 2 bridgehead atoms. The number of likely N-dealkylation sites (tertiary alicyclic amines) is 1. The molecule has 5 heterocycles. The number of hydrogen-bond donors (Lipinski definition) is 0. The van der Waals surface area contributed by atoms with Crippen molar-refractivity contribution in [3.8, 4) is 0 Å². The first kappa shape index (κ1) is 17.6. The molecule has 1 aromatic carbocycles. The molecule has 0 saturated carbocycles. The van der Waals surface area contributed by atoms with E-state index in [2.05, 4.69) is 4.90 Å². The van der Waals surface area contributed by atoms with Crippen molar-refractivity contribution in [2.45, 2.75) is 30.8 Å². The van der Waals surface area contributed by atoms with Crippen LogP contribution in [0.15, 0.2) is 41.0 Å². The number of benzene rings is 1. The Morgan fingerprint density at radius 3 is 2.54 bits per heavy atom. The first-order valence-corrected chi connectivity index (χ1v) is 9.63. The van der Waals surface area contributed by atoms with Gasteiger partial charge in [0.15, 0.2) is 17.4 Å². The minimum Gasteiger partial charge on any atom is -0.461 e. The molecule has 1 amide bonds. The van der Waals surface area contributed by atoms with Gasteiger partial charge in [-0.2, -0.15) is 0 Å². The van der Waals surface area contributed by atoms with Gasteiger partial charge >= 0.3 is 0 Å². The number of nitrogens with zero attached hydrogens (tertiary/aromatic N) is 2. The van der Waals surface area contributed by atoms with Gasteiger partial charge in [0.1, 0.15) is 0 Å². The maximum atomic E-state index is 14.6. The summed E-state index contributed by atoms with van der Waals surface area (Å²) in [5, 5.41) is 0. The molecule has 0 unspecified atom stereocenters. The van der Waals surface area contributed by atoms with Crippen molar-refractivity contribution < 1.29 is 22.8 Å². The molecule has 4 fully saturated rings. The van der Waals surface area contributed by atoms with E-state index in [-0.39, 0.29) is 41.8 Å². The number of rotatable bonds is 3. The number of piperidine rings is 3. The second-order valence-electron chi connectivity index (χ2n) is 7.87. The van der Waals surface area contributed by atoms with Crippen LogP contribution in [0.5, 0.6) is 0 Å². The lowest BCUT2D eigenvalue weighted by Crippen LogP contribution is -2.61. The molecule has 7 heteroatoms. The molecule has 0 spiro atoms. The Kier molecular flexibility index (Phi) is 4.08. The Morgan fingerprint density at radius 2 is 1.82 bits per heavy atom. The number of Topliss-reactive ketones (excluding diaryl/α,β-unsaturated/α-hetero) is 1. The van der Waals surface area contributed by atoms with Crippen LogP contribution in [-0.2, 0) is 4.79 Å². The second-order valence-corrected chi connectivity index (χ2v) is 7.87. The summed E-state index contributed by atoms with van der Waals surface area (Å²) in [4.78, 5) is 29.5. The van der Waals surface area contributed by atoms with E-state index in [1.54, 1.807) is 17.0 Å². The lowest BCUT2D eigenvalue weighted by atomic mass is 9.75. The van der Waals surface area contributed by atoms with E-state index >= 15 is 0 Å². The van der Waals surface area contributed by atoms with E-state index in [4.69, 9.17) is 4.42 Å². The van der Waals surface area contributed by atoms with Crippen LogP contribution in [0.1, 0.15) is 34.9 Å². The highest BCUT2D eigenvalue weighted by Gasteiger charge is 2.56. The van der Waals surface area contributed by atoms with Gasteiger partial charge in [0.05, 0.1) is 12.3 Å². The van der Waals surface area contributed by atoms with Crippen molar-refractivity contribution in [1.29, 1.82) is 0 Å². The van der Waals surface area contributed by atoms with Crippen LogP contribution < -0.4 is 0 Å². The van der Waals surface area contributed by atoms with E-state index in [9.17, 15) is 18.4 Å². The molecule has 0 aliphatic carbocycles. The molecule has 4 aliphatic rings. The lowest BCUT2D eigenvalue weighted by Gasteiger charge is -2.51. The van der Waals surface area contributed by atoms with Crippen molar-refractivity contribution in [2.24, 2.45) is 5.92 Å². The van der Waals surface area contributed by atoms with Gasteiger partial charge in [-0.25, -0.2) is 8.78 Å². The molecule has 0 N–H and O–H groups in total. The molecule has 6 rings (SSSR count). The summed E-state index contributed by atoms with van der Waals surface area (Å²) >= 11 is 0. The third-order valence-electron chi connectivity index (χ3n) is 6.58. The van der Waals surface area contributed by atoms with Gasteiger partial charge in [-0.05, 0) is 55.6 Å². The Labute approximate surface area is 160 Å². The fourth-order valence-electron chi connectivity index (χ4n) is 5.38. The minimum atomic E-state index is -0.888. The van der Waals surface area contributed by atoms with Gasteiger partial charge in [0.2, 0.25) is 0 Å². The van der Waals surface area contributed by atoms with E-state index < -0.39 is 23.3 Å². The summed E-state index contributed by atoms with van der Waals surface area (Å²) in [6.07, 6.45) is 3.24. The highest BCUT2D eigenvalue weighted by Crippen LogP contribution is 2.47. The van der Waals surface area contributed by atoms with E-state index in [0.717, 1.165) is 32.0 Å². The number of carbonyl (C=O) groups excluding carboxylic acids is 2. The molecule has 2 aromatic rings. The monoisotopic (exact) mass is 386 g/mol. The Morgan fingerprint density at radius 1 is 1.04 bits per heavy atom. The summed E-state index contributed by atoms with van der Waals surface area (Å²) < 4.78 is 33.6. The van der Waals surface area contributed by atoms with E-state index in [0.29, 0.717) is 0 Å². The number of ketones is 1. The molecular weight excluding hydrogens is 366 g/mol. The lowest BCUT2D eigenvalue weighted by molar-refractivity contribution is -0.131. The Balaban J connectivity index is 1.53. The summed E-state index contributed by atoms with van der Waals surface area (Å²) in [5.41, 5.74) is 0.281. The summed E-state index contributed by atoms with van der Waals surface area (Å²) in [6, 6.07) is 6.95. The first-order chi connectivity index (χ1) is 13.6. The molecule has 5 nitrogen and oxygen atoms in total. The quantitative estimate of drug-likeness (QED) is 0.601. The average molecular weight is 386 g/mol. The third kappa shape index (κ3) is 2.53. The molecule has 3 atom stereocenters. The number of furan rings is 1. The average Bonchev–Trinajstić information content (AvgIpc) is 3.39. The van der Waals surface area contributed by atoms with E-state index in [1.165, 1.54) is 18.4 Å². The highest BCUT2D eigenvalue weighted by molar-refractivity contribution is 6.42. The Hall–Kier alpha value is -2.54. The van der Waals surface area contributed by atoms with Crippen molar-refractivity contribution in [2.75, 3.05) is 19.6 Å². The van der Waals surface area contributed by atoms with Crippen molar-refractivity contribution in [3.63, 3.8) is 0 Å². The van der Waals surface area contributed by atoms with Crippen molar-refractivity contribution in [3.05, 3.63) is 59.6 Å². The van der Waals surface area contributed by atoms with Crippen molar-refractivity contribution >= 4 is 11.7 Å². The normalized spacial score (nSPS) is 31.1. The molecule has 4 saturated heterocycles. The molecular formula is C21H20F2N2O3. The molecule has 0 radical (unpaired) electrons. The largest absolute Gasteiger partial charge is 0.461 e. The van der Waals surface area contributed by atoms with Gasteiger partial charge in [-0.3, -0.25) is 14.5 Å². The molecule has 28 heavy (non-hydrogen) atoms. The molecule has 1 aromatic heterocycles. The summed E-state index contributed by atoms with van der Waals surface area (Å²) in [7, 11) is 0. The van der Waals surface area contributed by atoms with Gasteiger partial charge in [-0.15, -0.1) is 0 Å². The van der Waals surface area contributed by atoms with Crippen LogP contribution in [0.4, 0.5) is 8.78 Å². The maximum absolute atomic E-state index is 14.6. The predicted molar refractivity (Wildman–Crippen MR) is 95.7 cm³/mol. The number of fused-ring (bicyclic) bond motifs is 2. The van der Waals surface area contributed by atoms with E-state index in [1.807, 2.05) is 0 Å². The smallest absolute Gasteiger partial charge is 0.298 e. The van der Waals surface area contributed by atoms with Crippen LogP contribution in [0, 0.1) is 17.6 Å². The van der Waals surface area contributed by atoms with Gasteiger partial charge in [-0.1, -0.05) is 12.1 Å². The van der Waals surface area contributed by atoms with Crippen LogP contribution in [0.25, 0.3) is 0 Å².